The Kier molecular flexibility index (Phi) is 8.28. The van der Waals surface area contributed by atoms with Crippen molar-refractivity contribution in [2.75, 3.05) is 4.90 Å². The fraction of sp³-hybridized carbons (Fsp3) is 0.0149. The first-order chi connectivity index (χ1) is 34.7. The maximum atomic E-state index is 6.31. The number of furan rings is 2. The van der Waals surface area contributed by atoms with Crippen LogP contribution < -0.4 is 4.90 Å². The molecule has 13 aromatic rings. The molecular formula is C67H41NO2. The second kappa shape index (κ2) is 14.9. The van der Waals surface area contributed by atoms with Crippen molar-refractivity contribution >= 4 is 60.9 Å². The van der Waals surface area contributed by atoms with E-state index in [4.69, 9.17) is 8.83 Å². The van der Waals surface area contributed by atoms with Crippen LogP contribution >= 0.6 is 0 Å². The highest BCUT2D eigenvalue weighted by atomic mass is 16.3. The van der Waals surface area contributed by atoms with Crippen molar-refractivity contribution in [2.24, 2.45) is 0 Å². The van der Waals surface area contributed by atoms with Crippen LogP contribution in [-0.4, -0.2) is 0 Å². The molecule has 326 valence electrons. The highest BCUT2D eigenvalue weighted by molar-refractivity contribution is 6.07. The molecule has 3 heteroatoms. The van der Waals surface area contributed by atoms with Crippen LogP contribution in [0.4, 0.5) is 17.1 Å². The van der Waals surface area contributed by atoms with E-state index in [0.717, 1.165) is 83.2 Å². The lowest BCUT2D eigenvalue weighted by Gasteiger charge is -2.32. The lowest BCUT2D eigenvalue weighted by molar-refractivity contribution is 0.668. The summed E-state index contributed by atoms with van der Waals surface area (Å²) in [6.45, 7) is 0. The van der Waals surface area contributed by atoms with Crippen molar-refractivity contribution in [1.82, 2.24) is 0 Å². The summed E-state index contributed by atoms with van der Waals surface area (Å²) in [7, 11) is 0. The van der Waals surface area contributed by atoms with Crippen molar-refractivity contribution in [3.8, 4) is 55.6 Å². The third kappa shape index (κ3) is 5.57. The molecule has 0 aliphatic heterocycles. The fourth-order valence-electron chi connectivity index (χ4n) is 12.1. The first-order valence-corrected chi connectivity index (χ1v) is 24.1. The van der Waals surface area contributed by atoms with E-state index in [2.05, 4.69) is 229 Å². The number of benzene rings is 11. The Morgan fingerprint density at radius 1 is 0.257 bits per heavy atom. The highest BCUT2D eigenvalue weighted by Gasteiger charge is 2.52. The molecule has 0 N–H and O–H groups in total. The predicted molar refractivity (Wildman–Crippen MR) is 288 cm³/mol. The maximum absolute atomic E-state index is 6.31. The molecule has 3 nitrogen and oxygen atoms in total. The van der Waals surface area contributed by atoms with Gasteiger partial charge in [0.2, 0.25) is 0 Å². The molecule has 70 heavy (non-hydrogen) atoms. The van der Waals surface area contributed by atoms with E-state index in [1.807, 2.05) is 24.3 Å². The Morgan fingerprint density at radius 2 is 0.671 bits per heavy atom. The quantitative estimate of drug-likeness (QED) is 0.167. The fourth-order valence-corrected chi connectivity index (χ4v) is 12.1. The molecule has 0 amide bonds. The van der Waals surface area contributed by atoms with Crippen molar-refractivity contribution in [1.29, 1.82) is 0 Å². The summed E-state index contributed by atoms with van der Waals surface area (Å²) in [4.78, 5) is 2.38. The Hall–Kier alpha value is -9.18. The van der Waals surface area contributed by atoms with E-state index in [9.17, 15) is 0 Å². The first kappa shape index (κ1) is 38.9. The molecule has 0 atom stereocenters. The van der Waals surface area contributed by atoms with Gasteiger partial charge in [-0.15, -0.1) is 0 Å². The van der Waals surface area contributed by atoms with E-state index in [0.29, 0.717) is 0 Å². The van der Waals surface area contributed by atoms with Gasteiger partial charge in [0.15, 0.2) is 0 Å². The number of hydrogen-bond donors (Lipinski definition) is 0. The van der Waals surface area contributed by atoms with Crippen LogP contribution in [0.25, 0.3) is 99.5 Å². The molecule has 11 aromatic carbocycles. The second-order valence-corrected chi connectivity index (χ2v) is 18.7. The Morgan fingerprint density at radius 3 is 1.21 bits per heavy atom. The molecule has 0 saturated heterocycles. The number of para-hydroxylation sites is 2. The van der Waals surface area contributed by atoms with Crippen LogP contribution in [-0.2, 0) is 5.41 Å². The lowest BCUT2D eigenvalue weighted by Crippen LogP contribution is -2.26. The van der Waals surface area contributed by atoms with E-state index in [1.54, 1.807) is 0 Å². The molecular weight excluding hydrogens is 851 g/mol. The van der Waals surface area contributed by atoms with Gasteiger partial charge in [-0.1, -0.05) is 176 Å². The van der Waals surface area contributed by atoms with Crippen LogP contribution in [0.3, 0.4) is 0 Å². The van der Waals surface area contributed by atoms with E-state index < -0.39 is 5.41 Å². The Labute approximate surface area is 404 Å². The molecule has 15 rings (SSSR count). The van der Waals surface area contributed by atoms with Crippen LogP contribution in [0.1, 0.15) is 22.3 Å². The smallest absolute Gasteiger partial charge is 0.136 e. The summed E-state index contributed by atoms with van der Waals surface area (Å²) in [5, 5.41) is 4.53. The Bertz CT molecular complexity index is 4030. The van der Waals surface area contributed by atoms with Crippen molar-refractivity contribution < 1.29 is 8.83 Å². The van der Waals surface area contributed by atoms with Gasteiger partial charge in [0.1, 0.15) is 22.3 Å². The van der Waals surface area contributed by atoms with Gasteiger partial charge >= 0.3 is 0 Å². The number of fused-ring (bicyclic) bond motifs is 16. The molecule has 1 spiro atoms. The third-order valence-corrected chi connectivity index (χ3v) is 15.1. The molecule has 0 bridgehead atoms. The topological polar surface area (TPSA) is 29.5 Å². The van der Waals surface area contributed by atoms with Crippen LogP contribution in [0.2, 0.25) is 0 Å². The van der Waals surface area contributed by atoms with Crippen LogP contribution in [0, 0.1) is 0 Å². The van der Waals surface area contributed by atoms with Gasteiger partial charge in [0, 0.05) is 38.6 Å². The summed E-state index contributed by atoms with van der Waals surface area (Å²) in [5.74, 6) is 0. The van der Waals surface area contributed by atoms with E-state index in [1.165, 1.54) is 55.6 Å². The van der Waals surface area contributed by atoms with Gasteiger partial charge in [-0.05, 0) is 151 Å². The zero-order valence-corrected chi connectivity index (χ0v) is 37.9. The summed E-state index contributed by atoms with van der Waals surface area (Å²) in [6, 6.07) is 90.6. The van der Waals surface area contributed by atoms with Gasteiger partial charge in [-0.2, -0.15) is 0 Å². The number of rotatable bonds is 6. The van der Waals surface area contributed by atoms with Crippen molar-refractivity contribution in [3.05, 3.63) is 271 Å². The number of hydrogen-bond acceptors (Lipinski definition) is 3. The summed E-state index contributed by atoms with van der Waals surface area (Å²) in [5.41, 5.74) is 23.7. The van der Waals surface area contributed by atoms with E-state index in [-0.39, 0.29) is 0 Å². The van der Waals surface area contributed by atoms with Gasteiger partial charge in [0.25, 0.3) is 0 Å². The van der Waals surface area contributed by atoms with Crippen molar-refractivity contribution in [3.63, 3.8) is 0 Å². The molecule has 0 saturated carbocycles. The van der Waals surface area contributed by atoms with Crippen LogP contribution in [0.5, 0.6) is 0 Å². The maximum Gasteiger partial charge on any atom is 0.136 e. The molecule has 2 heterocycles. The van der Waals surface area contributed by atoms with Gasteiger partial charge in [-0.3, -0.25) is 0 Å². The number of anilines is 3. The minimum atomic E-state index is -0.464. The molecule has 2 aliphatic rings. The molecule has 0 fully saturated rings. The third-order valence-electron chi connectivity index (χ3n) is 15.1. The van der Waals surface area contributed by atoms with Gasteiger partial charge < -0.3 is 13.7 Å². The average molecular weight is 892 g/mol. The monoisotopic (exact) mass is 891 g/mol. The molecule has 2 aromatic heterocycles. The first-order valence-electron chi connectivity index (χ1n) is 24.1. The molecule has 0 radical (unpaired) electrons. The zero-order chi connectivity index (χ0) is 45.9. The van der Waals surface area contributed by atoms with E-state index >= 15 is 0 Å². The minimum Gasteiger partial charge on any atom is -0.456 e. The summed E-state index contributed by atoms with van der Waals surface area (Å²) >= 11 is 0. The normalized spacial score (nSPS) is 13.0. The standard InChI is InChI=1S/C67H41NO2/c1-6-22-59-51(15-1)52-16-2-7-23-60(52)67(59)61-24-8-3-17-53(61)58-21-12-20-50(66(58)67)46-13-11-14-49(39-46)68(47-33-27-42(28-34-47)44-31-37-56-54-18-4-9-25-62(54)69-64(56)40-44)48-35-29-43(30-36-48)45-32-38-57-55-19-5-10-26-63(55)70-65(57)41-45/h1-41H. The second-order valence-electron chi connectivity index (χ2n) is 18.7. The SMILES string of the molecule is c1cc(-c2cccc3c2C2(c4ccccc4-c4ccccc42)c2ccccc2-3)cc(N(c2ccc(-c3ccc4c(c3)oc3ccccc34)cc2)c2ccc(-c3ccc4c(c3)oc3ccccc34)cc2)c1. The van der Waals surface area contributed by atoms with Gasteiger partial charge in [-0.25, -0.2) is 0 Å². The predicted octanol–water partition coefficient (Wildman–Crippen LogP) is 18.3. The van der Waals surface area contributed by atoms with Crippen LogP contribution in [0.15, 0.2) is 258 Å². The molecule has 0 unspecified atom stereocenters. The summed E-state index contributed by atoms with van der Waals surface area (Å²) < 4.78 is 12.6. The largest absolute Gasteiger partial charge is 0.456 e. The molecule has 2 aliphatic carbocycles. The van der Waals surface area contributed by atoms with Gasteiger partial charge in [0.05, 0.1) is 5.41 Å². The summed E-state index contributed by atoms with van der Waals surface area (Å²) in [6.07, 6.45) is 0. The average Bonchev–Trinajstić information content (AvgIpc) is 4.17. The number of nitrogens with zero attached hydrogens (tertiary/aromatic N) is 1. The van der Waals surface area contributed by atoms with Crippen molar-refractivity contribution in [2.45, 2.75) is 5.41 Å². The zero-order valence-electron chi connectivity index (χ0n) is 37.9. The Balaban J connectivity index is 0.876. The lowest BCUT2D eigenvalue weighted by atomic mass is 9.68. The highest BCUT2D eigenvalue weighted by Crippen LogP contribution is 2.64. The minimum absolute atomic E-state index is 0.464.